The van der Waals surface area contributed by atoms with E-state index in [2.05, 4.69) is 0 Å². The quantitative estimate of drug-likeness (QED) is 0.209. The summed E-state index contributed by atoms with van der Waals surface area (Å²) in [5, 5.41) is 56.2. The van der Waals surface area contributed by atoms with E-state index >= 15 is 0 Å². The summed E-state index contributed by atoms with van der Waals surface area (Å²) < 4.78 is 10.4. The van der Waals surface area contributed by atoms with E-state index in [1.54, 1.807) is 0 Å². The van der Waals surface area contributed by atoms with Crippen LogP contribution in [0.4, 0.5) is 0 Å². The Balaban J connectivity index is 2.91. The Bertz CT molecular complexity index is 384. The molecule has 0 aliphatic carbocycles. The van der Waals surface area contributed by atoms with E-state index in [1.807, 2.05) is 0 Å². The number of hydrogen-bond donors (Lipinski definition) is 8. The number of carbonyl (C=O) groups excluding carboxylic acids is 1. The van der Waals surface area contributed by atoms with Crippen molar-refractivity contribution < 1.29 is 44.9 Å². The molecule has 11 heteroatoms. The lowest BCUT2D eigenvalue weighted by molar-refractivity contribution is -0.282. The van der Waals surface area contributed by atoms with E-state index < -0.39 is 74.5 Å². The van der Waals surface area contributed by atoms with Gasteiger partial charge in [-0.1, -0.05) is 0 Å². The molecule has 0 amide bonds. The molecule has 11 nitrogen and oxygen atoms in total. The average molecular weight is 340 g/mol. The maximum atomic E-state index is 12.0. The summed E-state index contributed by atoms with van der Waals surface area (Å²) in [5.74, 6) is -0.911. The standard InChI is InChI=1S/C12H24N2O9/c13-4(1-15)8(19)11(5(18)2-16)23-12-7(14)10(21)9(20)6(3-17)22-12/h4-7,9-12,15-18,20-21H,1-3,13-14H2/t4-,5+,6+,7+,9+,10+,11+,12-/m0/s1. The molecule has 1 aliphatic rings. The lowest BCUT2D eigenvalue weighted by Crippen LogP contribution is -2.64. The van der Waals surface area contributed by atoms with E-state index in [-0.39, 0.29) is 0 Å². The average Bonchev–Trinajstić information content (AvgIpc) is 2.57. The van der Waals surface area contributed by atoms with E-state index in [0.717, 1.165) is 0 Å². The smallest absolute Gasteiger partial charge is 0.183 e. The first-order valence-electron chi connectivity index (χ1n) is 7.01. The number of ketones is 1. The van der Waals surface area contributed by atoms with Crippen molar-refractivity contribution in [2.24, 2.45) is 11.5 Å². The summed E-state index contributed by atoms with van der Waals surface area (Å²) in [6.45, 7) is -2.21. The predicted molar refractivity (Wildman–Crippen MR) is 73.8 cm³/mol. The van der Waals surface area contributed by atoms with Crippen molar-refractivity contribution in [3.8, 4) is 0 Å². The second-order valence-electron chi connectivity index (χ2n) is 5.28. The van der Waals surface area contributed by atoms with Crippen LogP contribution in [0, 0.1) is 0 Å². The number of aliphatic hydroxyl groups is 6. The topological polar surface area (TPSA) is 209 Å². The molecule has 10 N–H and O–H groups in total. The monoisotopic (exact) mass is 340 g/mol. The summed E-state index contributed by atoms with van der Waals surface area (Å²) in [6, 6.07) is -2.66. The van der Waals surface area contributed by atoms with Crippen LogP contribution in [0.25, 0.3) is 0 Å². The van der Waals surface area contributed by atoms with Gasteiger partial charge in [0.2, 0.25) is 0 Å². The highest BCUT2D eigenvalue weighted by Crippen LogP contribution is 2.22. The number of nitrogens with two attached hydrogens (primary N) is 2. The van der Waals surface area contributed by atoms with Crippen LogP contribution >= 0.6 is 0 Å². The first kappa shape index (κ1) is 20.3. The van der Waals surface area contributed by atoms with Gasteiger partial charge >= 0.3 is 0 Å². The van der Waals surface area contributed by atoms with Gasteiger partial charge in [-0.05, 0) is 0 Å². The van der Waals surface area contributed by atoms with Gasteiger partial charge in [0.15, 0.2) is 12.1 Å². The van der Waals surface area contributed by atoms with Gasteiger partial charge in [0.1, 0.15) is 30.5 Å². The zero-order valence-corrected chi connectivity index (χ0v) is 12.3. The Hall–Kier alpha value is -0.730. The summed E-state index contributed by atoms with van der Waals surface area (Å²) >= 11 is 0. The Morgan fingerprint density at radius 2 is 1.78 bits per heavy atom. The molecular weight excluding hydrogens is 316 g/mol. The van der Waals surface area contributed by atoms with Crippen LogP contribution in [0.15, 0.2) is 0 Å². The summed E-state index contributed by atoms with van der Waals surface area (Å²) in [5.41, 5.74) is 11.0. The van der Waals surface area contributed by atoms with Crippen molar-refractivity contribution in [2.75, 3.05) is 19.8 Å². The normalized spacial score (nSPS) is 35.6. The molecule has 1 rings (SSSR count). The van der Waals surface area contributed by atoms with Crippen LogP contribution < -0.4 is 11.5 Å². The van der Waals surface area contributed by atoms with E-state index in [4.69, 9.17) is 36.3 Å². The van der Waals surface area contributed by atoms with Crippen LogP contribution in [0.1, 0.15) is 0 Å². The van der Waals surface area contributed by atoms with Gasteiger partial charge in [0.25, 0.3) is 0 Å². The Labute approximate surface area is 132 Å². The van der Waals surface area contributed by atoms with Crippen LogP contribution in [0.3, 0.4) is 0 Å². The number of carbonyl (C=O) groups is 1. The molecular formula is C12H24N2O9. The highest BCUT2D eigenvalue weighted by molar-refractivity contribution is 5.88. The van der Waals surface area contributed by atoms with Crippen molar-refractivity contribution in [1.82, 2.24) is 0 Å². The minimum Gasteiger partial charge on any atom is -0.394 e. The SMILES string of the molecule is N[C@H]1[C@H](O[C@@H](C(=O)[C@@H](N)CO)[C@H](O)CO)O[C@H](CO)[C@@H](O)[C@@H]1O. The number of hydrogen-bond acceptors (Lipinski definition) is 11. The highest BCUT2D eigenvalue weighted by Gasteiger charge is 2.45. The maximum Gasteiger partial charge on any atom is 0.183 e. The molecule has 0 radical (unpaired) electrons. The molecule has 8 atom stereocenters. The van der Waals surface area contributed by atoms with Gasteiger partial charge < -0.3 is 51.6 Å². The van der Waals surface area contributed by atoms with Crippen molar-refractivity contribution in [3.63, 3.8) is 0 Å². The molecule has 0 saturated carbocycles. The van der Waals surface area contributed by atoms with Crippen LogP contribution in [0.2, 0.25) is 0 Å². The molecule has 136 valence electrons. The second kappa shape index (κ2) is 8.94. The van der Waals surface area contributed by atoms with Crippen molar-refractivity contribution in [2.45, 2.75) is 48.9 Å². The number of aliphatic hydroxyl groups excluding tert-OH is 6. The first-order chi connectivity index (χ1) is 10.8. The second-order valence-corrected chi connectivity index (χ2v) is 5.28. The molecule has 1 aliphatic heterocycles. The molecule has 0 bridgehead atoms. The molecule has 0 unspecified atom stereocenters. The van der Waals surface area contributed by atoms with E-state index in [1.165, 1.54) is 0 Å². The van der Waals surface area contributed by atoms with Crippen molar-refractivity contribution in [3.05, 3.63) is 0 Å². The number of ether oxygens (including phenoxy) is 2. The minimum absolute atomic E-state index is 0.651. The van der Waals surface area contributed by atoms with Gasteiger partial charge in [0, 0.05) is 0 Å². The van der Waals surface area contributed by atoms with Crippen LogP contribution in [-0.4, -0.2) is 105 Å². The number of Topliss-reactive ketones (excluding diaryl/α,β-unsaturated/α-hetero) is 1. The lowest BCUT2D eigenvalue weighted by Gasteiger charge is -2.41. The molecule has 0 aromatic rings. The first-order valence-corrected chi connectivity index (χ1v) is 7.01. The molecule has 1 saturated heterocycles. The predicted octanol–water partition coefficient (Wildman–Crippen LogP) is -5.62. The van der Waals surface area contributed by atoms with E-state index in [0.29, 0.717) is 0 Å². The van der Waals surface area contributed by atoms with Gasteiger partial charge in [-0.25, -0.2) is 0 Å². The largest absolute Gasteiger partial charge is 0.394 e. The zero-order chi connectivity index (χ0) is 17.7. The maximum absolute atomic E-state index is 12.0. The fraction of sp³-hybridized carbons (Fsp3) is 0.917. The molecule has 0 aromatic carbocycles. The van der Waals surface area contributed by atoms with Gasteiger partial charge in [-0.3, -0.25) is 4.79 Å². The van der Waals surface area contributed by atoms with Crippen LogP contribution in [0.5, 0.6) is 0 Å². The summed E-state index contributed by atoms with van der Waals surface area (Å²) in [6.07, 6.45) is -9.02. The molecule has 0 spiro atoms. The molecule has 23 heavy (non-hydrogen) atoms. The highest BCUT2D eigenvalue weighted by atomic mass is 16.7. The van der Waals surface area contributed by atoms with Crippen LogP contribution in [-0.2, 0) is 14.3 Å². The molecule has 1 fully saturated rings. The zero-order valence-electron chi connectivity index (χ0n) is 12.3. The third kappa shape index (κ3) is 4.64. The lowest BCUT2D eigenvalue weighted by atomic mass is 9.97. The Kier molecular flexibility index (Phi) is 7.89. The Morgan fingerprint density at radius 3 is 2.26 bits per heavy atom. The third-order valence-electron chi connectivity index (χ3n) is 3.59. The number of rotatable bonds is 8. The molecule has 0 aromatic heterocycles. The van der Waals surface area contributed by atoms with Crippen molar-refractivity contribution >= 4 is 5.78 Å². The summed E-state index contributed by atoms with van der Waals surface area (Å²) in [4.78, 5) is 12.0. The van der Waals surface area contributed by atoms with E-state index in [9.17, 15) is 20.1 Å². The Morgan fingerprint density at radius 1 is 1.17 bits per heavy atom. The van der Waals surface area contributed by atoms with Crippen molar-refractivity contribution in [1.29, 1.82) is 0 Å². The van der Waals surface area contributed by atoms with Gasteiger partial charge in [-0.2, -0.15) is 0 Å². The van der Waals surface area contributed by atoms with Gasteiger partial charge in [0.05, 0.1) is 31.9 Å². The summed E-state index contributed by atoms with van der Waals surface area (Å²) in [7, 11) is 0. The third-order valence-corrected chi connectivity index (χ3v) is 3.59. The van der Waals surface area contributed by atoms with Gasteiger partial charge in [-0.15, -0.1) is 0 Å². The minimum atomic E-state index is -1.68. The fourth-order valence-corrected chi connectivity index (χ4v) is 2.11. The fourth-order valence-electron chi connectivity index (χ4n) is 2.11. The molecule has 1 heterocycles.